The summed E-state index contributed by atoms with van der Waals surface area (Å²) in [5.41, 5.74) is 9.50. The number of nitrogens with zero attached hydrogens (tertiary/aromatic N) is 2. The average Bonchev–Trinajstić information content (AvgIpc) is 2.74. The van der Waals surface area contributed by atoms with Crippen LogP contribution in [0.1, 0.15) is 12.5 Å². The van der Waals surface area contributed by atoms with Crippen molar-refractivity contribution in [1.82, 2.24) is 4.57 Å². The van der Waals surface area contributed by atoms with Gasteiger partial charge < -0.3 is 0 Å². The van der Waals surface area contributed by atoms with E-state index >= 15 is 0 Å². The van der Waals surface area contributed by atoms with Crippen LogP contribution in [0.4, 0.5) is 5.95 Å². The Morgan fingerprint density at radius 2 is 1.73 bits per heavy atom. The second kappa shape index (κ2) is 6.75. The fourth-order valence-corrected chi connectivity index (χ4v) is 2.63. The van der Waals surface area contributed by atoms with E-state index < -0.39 is 0 Å². The van der Waals surface area contributed by atoms with Gasteiger partial charge >= 0.3 is 5.95 Å². The Bertz CT molecular complexity index is 796. The van der Waals surface area contributed by atoms with Crippen LogP contribution in [-0.4, -0.2) is 10.4 Å². The van der Waals surface area contributed by atoms with Crippen molar-refractivity contribution < 1.29 is 9.36 Å². The third-order valence-electron chi connectivity index (χ3n) is 3.58. The van der Waals surface area contributed by atoms with Crippen molar-refractivity contribution in [3.63, 3.8) is 0 Å². The fraction of sp³-hybridized carbons (Fsp3) is 0.176. The number of imidazole rings is 1. The van der Waals surface area contributed by atoms with Crippen LogP contribution in [0.25, 0.3) is 11.0 Å². The van der Waals surface area contributed by atoms with Gasteiger partial charge in [-0.05, 0) is 24.6 Å². The Balaban J connectivity index is 0.00000176. The number of Topliss-reactive ketones (excluding diaryl/α,β-unsaturated/α-hetero) is 1. The van der Waals surface area contributed by atoms with Crippen LogP contribution in [-0.2, 0) is 17.9 Å². The maximum Gasteiger partial charge on any atom is 0.356 e. The zero-order chi connectivity index (χ0) is 14.8. The monoisotopic (exact) mass is 360 g/mol. The molecule has 0 aliphatic carbocycles. The first-order chi connectivity index (χ1) is 10.2. The van der Waals surface area contributed by atoms with Crippen molar-refractivity contribution in [2.24, 2.45) is 0 Å². The van der Waals surface area contributed by atoms with Crippen LogP contribution in [0.15, 0.2) is 54.6 Å². The van der Waals surface area contributed by atoms with E-state index in [2.05, 4.69) is 12.1 Å². The molecule has 0 atom stereocenters. The Morgan fingerprint density at radius 1 is 1.09 bits per heavy atom. The first-order valence-electron chi connectivity index (χ1n) is 6.96. The van der Waals surface area contributed by atoms with Gasteiger partial charge in [0.25, 0.3) is 0 Å². The van der Waals surface area contributed by atoms with Crippen molar-refractivity contribution in [1.29, 1.82) is 0 Å². The van der Waals surface area contributed by atoms with Gasteiger partial charge in [-0.3, -0.25) is 10.5 Å². The number of aromatic nitrogens is 2. The van der Waals surface area contributed by atoms with Crippen LogP contribution >= 0.6 is 17.0 Å². The van der Waals surface area contributed by atoms with Crippen LogP contribution in [0.2, 0.25) is 0 Å². The zero-order valence-electron chi connectivity index (χ0n) is 12.4. The van der Waals surface area contributed by atoms with Gasteiger partial charge in [0.15, 0.2) is 5.78 Å². The second-order valence-corrected chi connectivity index (χ2v) is 5.21. The number of hydrogen-bond donors (Lipinski definition) is 1. The van der Waals surface area contributed by atoms with Crippen LogP contribution in [0, 0.1) is 0 Å². The molecule has 22 heavy (non-hydrogen) atoms. The molecule has 0 saturated carbocycles. The van der Waals surface area contributed by atoms with Gasteiger partial charge in [0.1, 0.15) is 17.6 Å². The lowest BCUT2D eigenvalue weighted by Gasteiger charge is -2.02. The lowest BCUT2D eigenvalue weighted by Crippen LogP contribution is -2.37. The maximum atomic E-state index is 11.5. The molecule has 2 aromatic carbocycles. The highest BCUT2D eigenvalue weighted by Gasteiger charge is 2.21. The highest BCUT2D eigenvalue weighted by molar-refractivity contribution is 8.93. The number of halogens is 1. The van der Waals surface area contributed by atoms with E-state index in [0.29, 0.717) is 19.0 Å². The van der Waals surface area contributed by atoms with E-state index in [4.69, 9.17) is 5.73 Å². The molecule has 0 aliphatic rings. The van der Waals surface area contributed by atoms with Crippen molar-refractivity contribution in [2.75, 3.05) is 5.73 Å². The van der Waals surface area contributed by atoms with E-state index in [-0.39, 0.29) is 22.8 Å². The lowest BCUT2D eigenvalue weighted by atomic mass is 10.2. The molecule has 2 N–H and O–H groups in total. The Labute approximate surface area is 139 Å². The van der Waals surface area contributed by atoms with Gasteiger partial charge in [-0.2, -0.15) is 0 Å². The summed E-state index contributed by atoms with van der Waals surface area (Å²) in [7, 11) is 0. The summed E-state index contributed by atoms with van der Waals surface area (Å²) in [4.78, 5) is 11.5. The van der Waals surface area contributed by atoms with Crippen molar-refractivity contribution in [2.45, 2.75) is 20.0 Å². The number of rotatable bonds is 4. The van der Waals surface area contributed by atoms with E-state index in [1.807, 2.05) is 51.6 Å². The van der Waals surface area contributed by atoms with Crippen molar-refractivity contribution in [3.05, 3.63) is 60.2 Å². The molecular weight excluding hydrogens is 342 g/mol. The molecule has 0 radical (unpaired) electrons. The number of carbonyl (C=O) groups is 1. The van der Waals surface area contributed by atoms with E-state index in [1.54, 1.807) is 6.92 Å². The molecule has 0 fully saturated rings. The van der Waals surface area contributed by atoms with E-state index in [9.17, 15) is 4.79 Å². The molecule has 114 valence electrons. The summed E-state index contributed by atoms with van der Waals surface area (Å²) in [5.74, 6) is 0.699. The number of nitrogens with two attached hydrogens (primary N) is 1. The molecule has 3 rings (SSSR count). The summed E-state index contributed by atoms with van der Waals surface area (Å²) in [6.07, 6.45) is 0. The minimum Gasteiger partial charge on any atom is -0.296 e. The number of para-hydroxylation sites is 2. The van der Waals surface area contributed by atoms with E-state index in [1.165, 1.54) is 5.56 Å². The second-order valence-electron chi connectivity index (χ2n) is 5.21. The maximum absolute atomic E-state index is 11.5. The van der Waals surface area contributed by atoms with Gasteiger partial charge in [-0.25, -0.2) is 9.13 Å². The first-order valence-corrected chi connectivity index (χ1v) is 6.96. The average molecular weight is 361 g/mol. The smallest absolute Gasteiger partial charge is 0.296 e. The number of nitrogen functional groups attached to an aromatic ring is 1. The molecule has 1 heterocycles. The highest BCUT2D eigenvalue weighted by atomic mass is 79.9. The number of hydrogen-bond acceptors (Lipinski definition) is 2. The predicted octanol–water partition coefficient (Wildman–Crippen LogP) is 2.73. The number of carbonyl (C=O) groups excluding carboxylic acids is 1. The van der Waals surface area contributed by atoms with Gasteiger partial charge in [-0.1, -0.05) is 42.5 Å². The fourth-order valence-electron chi connectivity index (χ4n) is 2.63. The number of fused-ring (bicyclic) bond motifs is 1. The van der Waals surface area contributed by atoms with Crippen LogP contribution in [0.5, 0.6) is 0 Å². The molecule has 0 aliphatic heterocycles. The Kier molecular flexibility index (Phi) is 4.98. The molecule has 0 spiro atoms. The summed E-state index contributed by atoms with van der Waals surface area (Å²) < 4.78 is 3.92. The molecule has 5 heteroatoms. The standard InChI is InChI=1S/C17H17N3O.BrH/c1-13(21)11-19-15-9-5-6-10-16(15)20(17(19)18)12-14-7-3-2-4-8-14;/h2-10,18H,11-12H2,1H3;1H/p+1. The van der Waals surface area contributed by atoms with Crippen LogP contribution < -0.4 is 10.3 Å². The summed E-state index contributed by atoms with van der Waals surface area (Å²) in [6, 6.07) is 18.2. The third kappa shape index (κ3) is 3.04. The minimum absolute atomic E-state index is 0. The largest absolute Gasteiger partial charge is 0.356 e. The lowest BCUT2D eigenvalue weighted by molar-refractivity contribution is -0.648. The quantitative estimate of drug-likeness (QED) is 0.727. The van der Waals surface area contributed by atoms with Crippen LogP contribution in [0.3, 0.4) is 0 Å². The van der Waals surface area contributed by atoms with Crippen molar-refractivity contribution in [3.8, 4) is 0 Å². The number of benzene rings is 2. The molecule has 1 aromatic heterocycles. The summed E-state index contributed by atoms with van der Waals surface area (Å²) in [5, 5.41) is 0. The third-order valence-corrected chi connectivity index (χ3v) is 3.58. The molecule has 0 bridgehead atoms. The summed E-state index contributed by atoms with van der Waals surface area (Å²) >= 11 is 0. The molecule has 0 amide bonds. The molecule has 0 unspecified atom stereocenters. The SMILES string of the molecule is Br.CC(=O)Cn1c(N)[n+](Cc2ccccc2)c2ccccc21. The molecule has 4 nitrogen and oxygen atoms in total. The zero-order valence-corrected chi connectivity index (χ0v) is 14.1. The minimum atomic E-state index is 0. The van der Waals surface area contributed by atoms with Gasteiger partial charge in [-0.15, -0.1) is 17.0 Å². The van der Waals surface area contributed by atoms with Gasteiger partial charge in [0.05, 0.1) is 6.54 Å². The topological polar surface area (TPSA) is 51.9 Å². The first kappa shape index (κ1) is 16.2. The molecular formula is C17H19BrN3O+. The summed E-state index contributed by atoms with van der Waals surface area (Å²) in [6.45, 7) is 2.57. The Morgan fingerprint density at radius 3 is 2.41 bits per heavy atom. The van der Waals surface area contributed by atoms with Crippen molar-refractivity contribution >= 4 is 39.7 Å². The van der Waals surface area contributed by atoms with Gasteiger partial charge in [0.2, 0.25) is 0 Å². The van der Waals surface area contributed by atoms with Gasteiger partial charge in [0, 0.05) is 0 Å². The Hall–Kier alpha value is -2.14. The highest BCUT2D eigenvalue weighted by Crippen LogP contribution is 2.16. The normalized spacial score (nSPS) is 10.4. The number of ketones is 1. The van der Waals surface area contributed by atoms with E-state index in [0.717, 1.165) is 11.0 Å². The number of anilines is 1. The molecule has 0 saturated heterocycles. The predicted molar refractivity (Wildman–Crippen MR) is 93.1 cm³/mol. The molecule has 3 aromatic rings.